The normalized spacial score (nSPS) is 15.3. The van der Waals surface area contributed by atoms with Crippen molar-refractivity contribution in [2.75, 3.05) is 6.54 Å². The molecule has 110 valence electrons. The lowest BCUT2D eigenvalue weighted by molar-refractivity contribution is -0.137. The van der Waals surface area contributed by atoms with Gasteiger partial charge >= 0.3 is 6.18 Å². The van der Waals surface area contributed by atoms with E-state index in [1.54, 1.807) is 0 Å². The Morgan fingerprint density at radius 3 is 2.81 bits per heavy atom. The smallest absolute Gasteiger partial charge is 0.351 e. The second-order valence-corrected chi connectivity index (χ2v) is 4.85. The molecule has 0 saturated heterocycles. The van der Waals surface area contributed by atoms with E-state index >= 15 is 0 Å². The van der Waals surface area contributed by atoms with Crippen LogP contribution in [0.25, 0.3) is 11.4 Å². The lowest BCUT2D eigenvalue weighted by atomic mass is 10.1. The highest BCUT2D eigenvalue weighted by Gasteiger charge is 2.31. The summed E-state index contributed by atoms with van der Waals surface area (Å²) < 4.78 is 38.2. The zero-order valence-electron chi connectivity index (χ0n) is 10.9. The molecule has 2 N–H and O–H groups in total. The van der Waals surface area contributed by atoms with E-state index in [0.29, 0.717) is 24.2 Å². The summed E-state index contributed by atoms with van der Waals surface area (Å²) in [5, 5.41) is 2.70. The van der Waals surface area contributed by atoms with Crippen LogP contribution in [0.2, 0.25) is 0 Å². The molecule has 1 aliphatic rings. The molecule has 3 rings (SSSR count). The molecule has 1 aromatic heterocycles. The Balaban J connectivity index is 2.02. The predicted octanol–water partition coefficient (Wildman–Crippen LogP) is 2.77. The highest BCUT2D eigenvalue weighted by molar-refractivity contribution is 5.94. The maximum Gasteiger partial charge on any atom is 0.416 e. The second kappa shape index (κ2) is 4.91. The van der Waals surface area contributed by atoms with Gasteiger partial charge in [-0.2, -0.15) is 13.2 Å². The number of carbonyl (C=O) groups excluding carboxylic acids is 1. The van der Waals surface area contributed by atoms with E-state index < -0.39 is 11.7 Å². The summed E-state index contributed by atoms with van der Waals surface area (Å²) >= 11 is 0. The number of amides is 1. The predicted molar refractivity (Wildman–Crippen MR) is 69.7 cm³/mol. The van der Waals surface area contributed by atoms with Crippen molar-refractivity contribution < 1.29 is 18.0 Å². The number of hydrogen-bond donors (Lipinski definition) is 2. The molecule has 0 saturated carbocycles. The molecule has 0 spiro atoms. The fourth-order valence-corrected chi connectivity index (χ4v) is 2.31. The maximum absolute atomic E-state index is 12.7. The number of halogens is 3. The highest BCUT2D eigenvalue weighted by Crippen LogP contribution is 2.31. The minimum absolute atomic E-state index is 0.264. The van der Waals surface area contributed by atoms with Gasteiger partial charge in [0.15, 0.2) is 0 Å². The summed E-state index contributed by atoms with van der Waals surface area (Å²) in [6.07, 6.45) is -3.00. The molecule has 0 radical (unpaired) electrons. The van der Waals surface area contributed by atoms with Crippen LogP contribution in [0, 0.1) is 0 Å². The van der Waals surface area contributed by atoms with Crippen LogP contribution < -0.4 is 5.32 Å². The van der Waals surface area contributed by atoms with Gasteiger partial charge in [0.05, 0.1) is 5.56 Å². The number of alkyl halides is 3. The van der Waals surface area contributed by atoms with E-state index in [2.05, 4.69) is 15.3 Å². The number of aryl methyl sites for hydroxylation is 1. The first-order valence-corrected chi connectivity index (χ1v) is 6.50. The molecule has 7 heteroatoms. The summed E-state index contributed by atoms with van der Waals surface area (Å²) in [5.74, 6) is -0.0138. The van der Waals surface area contributed by atoms with Gasteiger partial charge in [-0.15, -0.1) is 0 Å². The highest BCUT2D eigenvalue weighted by atomic mass is 19.4. The zero-order chi connectivity index (χ0) is 15.0. The molecule has 1 aromatic carbocycles. The van der Waals surface area contributed by atoms with Crippen LogP contribution in [0.5, 0.6) is 0 Å². The van der Waals surface area contributed by atoms with Crippen LogP contribution in [0.4, 0.5) is 13.2 Å². The molecule has 21 heavy (non-hydrogen) atoms. The lowest BCUT2D eigenvalue weighted by Gasteiger charge is -2.07. The fraction of sp³-hybridized carbons (Fsp3) is 0.286. The van der Waals surface area contributed by atoms with Gasteiger partial charge in [0.1, 0.15) is 11.5 Å². The number of nitrogens with zero attached hydrogens (tertiary/aromatic N) is 1. The van der Waals surface area contributed by atoms with Gasteiger partial charge in [0.25, 0.3) is 5.91 Å². The molecule has 1 amide bonds. The Bertz CT molecular complexity index is 691. The third-order valence-electron chi connectivity index (χ3n) is 3.35. The Morgan fingerprint density at radius 2 is 2.05 bits per heavy atom. The number of nitrogens with one attached hydrogen (secondary N) is 2. The number of aromatic nitrogens is 2. The molecule has 0 bridgehead atoms. The van der Waals surface area contributed by atoms with E-state index in [0.717, 1.165) is 18.6 Å². The van der Waals surface area contributed by atoms with Gasteiger partial charge in [-0.3, -0.25) is 4.79 Å². The van der Waals surface area contributed by atoms with Gasteiger partial charge < -0.3 is 10.3 Å². The first-order valence-electron chi connectivity index (χ1n) is 6.50. The van der Waals surface area contributed by atoms with Gasteiger partial charge in [0, 0.05) is 17.8 Å². The van der Waals surface area contributed by atoms with Gasteiger partial charge in [0.2, 0.25) is 0 Å². The number of benzene rings is 1. The summed E-state index contributed by atoms with van der Waals surface area (Å²) in [6.45, 7) is 0.571. The van der Waals surface area contributed by atoms with Crippen molar-refractivity contribution in [3.63, 3.8) is 0 Å². The van der Waals surface area contributed by atoms with E-state index in [1.807, 2.05) is 0 Å². The van der Waals surface area contributed by atoms with E-state index in [1.165, 1.54) is 12.1 Å². The van der Waals surface area contributed by atoms with Crippen LogP contribution in [-0.4, -0.2) is 22.4 Å². The molecule has 2 aromatic rings. The van der Waals surface area contributed by atoms with Gasteiger partial charge in [-0.1, -0.05) is 12.1 Å². The Morgan fingerprint density at radius 1 is 1.24 bits per heavy atom. The number of H-pyrrole nitrogens is 1. The first-order chi connectivity index (χ1) is 9.95. The van der Waals surface area contributed by atoms with Crippen molar-refractivity contribution in [2.45, 2.75) is 19.0 Å². The van der Waals surface area contributed by atoms with Crippen LogP contribution in [0.15, 0.2) is 24.3 Å². The molecule has 0 atom stereocenters. The average Bonchev–Trinajstić information content (AvgIpc) is 2.80. The topological polar surface area (TPSA) is 57.8 Å². The molecule has 2 heterocycles. The van der Waals surface area contributed by atoms with Crippen LogP contribution in [0.3, 0.4) is 0 Å². The number of aromatic amines is 1. The van der Waals surface area contributed by atoms with Gasteiger partial charge in [-0.25, -0.2) is 4.98 Å². The zero-order valence-corrected chi connectivity index (χ0v) is 10.9. The van der Waals surface area contributed by atoms with Crippen LogP contribution in [0.1, 0.15) is 28.2 Å². The van der Waals surface area contributed by atoms with E-state index in [4.69, 9.17) is 0 Å². The lowest BCUT2D eigenvalue weighted by Crippen LogP contribution is -2.23. The Kier molecular flexibility index (Phi) is 3.19. The molecule has 0 fully saturated rings. The van der Waals surface area contributed by atoms with Crippen molar-refractivity contribution in [1.29, 1.82) is 0 Å². The van der Waals surface area contributed by atoms with E-state index in [9.17, 15) is 18.0 Å². The standard InChI is InChI=1S/C14H12F3N3O/c15-14(16,17)9-4-1-3-8(7-9)12-19-10-5-2-6-18-13(21)11(10)20-12/h1,3-4,7H,2,5-6H2,(H,18,21)(H,19,20). The van der Waals surface area contributed by atoms with Crippen molar-refractivity contribution in [2.24, 2.45) is 0 Å². The molecule has 4 nitrogen and oxygen atoms in total. The largest absolute Gasteiger partial charge is 0.416 e. The summed E-state index contributed by atoms with van der Waals surface area (Å²) in [4.78, 5) is 18.9. The van der Waals surface area contributed by atoms with Crippen molar-refractivity contribution in [3.05, 3.63) is 41.2 Å². The molecule has 0 unspecified atom stereocenters. The number of rotatable bonds is 1. The maximum atomic E-state index is 12.7. The monoisotopic (exact) mass is 295 g/mol. The van der Waals surface area contributed by atoms with Crippen LogP contribution in [-0.2, 0) is 12.6 Å². The third-order valence-corrected chi connectivity index (χ3v) is 3.35. The third kappa shape index (κ3) is 2.63. The number of hydrogen-bond acceptors (Lipinski definition) is 2. The van der Waals surface area contributed by atoms with Crippen LogP contribution >= 0.6 is 0 Å². The van der Waals surface area contributed by atoms with Crippen molar-refractivity contribution >= 4 is 5.91 Å². The number of carbonyl (C=O) groups is 1. The number of imidazole rings is 1. The summed E-state index contributed by atoms with van der Waals surface area (Å²) in [7, 11) is 0. The Hall–Kier alpha value is -2.31. The molecule has 0 aliphatic carbocycles. The van der Waals surface area contributed by atoms with Crippen molar-refractivity contribution in [1.82, 2.24) is 15.3 Å². The SMILES string of the molecule is O=C1NCCCc2[nH]c(-c3cccc(C(F)(F)F)c3)nc21. The van der Waals surface area contributed by atoms with Gasteiger partial charge in [-0.05, 0) is 25.0 Å². The summed E-state index contributed by atoms with van der Waals surface area (Å²) in [6, 6.07) is 4.89. The molecular weight excluding hydrogens is 283 g/mol. The van der Waals surface area contributed by atoms with Crippen molar-refractivity contribution in [3.8, 4) is 11.4 Å². The fourth-order valence-electron chi connectivity index (χ4n) is 2.31. The first kappa shape index (κ1) is 13.7. The molecule has 1 aliphatic heterocycles. The minimum Gasteiger partial charge on any atom is -0.351 e. The quantitative estimate of drug-likeness (QED) is 0.850. The molecular formula is C14H12F3N3O. The van der Waals surface area contributed by atoms with E-state index in [-0.39, 0.29) is 17.4 Å². The average molecular weight is 295 g/mol. The summed E-state index contributed by atoms with van der Waals surface area (Å²) in [5.41, 5.74) is 0.499. The minimum atomic E-state index is -4.41. The second-order valence-electron chi connectivity index (χ2n) is 4.85. The number of fused-ring (bicyclic) bond motifs is 1. The Labute approximate surface area is 118 Å².